The molecule has 0 saturated carbocycles. The second-order valence-corrected chi connectivity index (χ2v) is 4.13. The van der Waals surface area contributed by atoms with Gasteiger partial charge in [0.1, 0.15) is 0 Å². The highest BCUT2D eigenvalue weighted by molar-refractivity contribution is 7.97. The Hall–Kier alpha value is -0.550. The van der Waals surface area contributed by atoms with Crippen LogP contribution in [0.25, 0.3) is 0 Å². The Labute approximate surface area is 88.8 Å². The molecule has 5 heteroatoms. The molecule has 80 valence electrons. The molecule has 0 radical (unpaired) electrons. The Kier molecular flexibility index (Phi) is 4.97. The summed E-state index contributed by atoms with van der Waals surface area (Å²) in [5.41, 5.74) is 0. The molecule has 0 aliphatic carbocycles. The second-order valence-electron chi connectivity index (χ2n) is 3.27. The van der Waals surface area contributed by atoms with Crippen LogP contribution in [0.2, 0.25) is 0 Å². The Bertz CT molecular complexity index is 264. The minimum absolute atomic E-state index is 0.492. The van der Waals surface area contributed by atoms with Crippen LogP contribution in [0.5, 0.6) is 0 Å². The maximum Gasteiger partial charge on any atom is 0.226 e. The fourth-order valence-corrected chi connectivity index (χ4v) is 1.44. The highest BCUT2D eigenvalue weighted by Crippen LogP contribution is 2.07. The van der Waals surface area contributed by atoms with E-state index in [1.807, 2.05) is 13.3 Å². The minimum Gasteiger partial charge on any atom is -0.339 e. The zero-order valence-electron chi connectivity index (χ0n) is 8.91. The van der Waals surface area contributed by atoms with Gasteiger partial charge in [0.25, 0.3) is 0 Å². The molecule has 0 aromatic carbocycles. The van der Waals surface area contributed by atoms with Crippen molar-refractivity contribution in [3.8, 4) is 0 Å². The summed E-state index contributed by atoms with van der Waals surface area (Å²) in [7, 11) is 1.96. The SMILES string of the molecule is CNC(C)CCc1nc(CSC)no1. The Morgan fingerprint density at radius 1 is 1.57 bits per heavy atom. The Balaban J connectivity index is 2.35. The molecule has 0 fully saturated rings. The van der Waals surface area contributed by atoms with Gasteiger partial charge in [-0.25, -0.2) is 0 Å². The summed E-state index contributed by atoms with van der Waals surface area (Å²) in [5, 5.41) is 7.06. The second kappa shape index (κ2) is 6.03. The number of hydrogen-bond donors (Lipinski definition) is 1. The molecule has 1 rings (SSSR count). The summed E-state index contributed by atoms with van der Waals surface area (Å²) in [5.74, 6) is 2.37. The van der Waals surface area contributed by atoms with Gasteiger partial charge in [-0.2, -0.15) is 16.7 Å². The molecule has 0 amide bonds. The van der Waals surface area contributed by atoms with Crippen LogP contribution in [0.3, 0.4) is 0 Å². The van der Waals surface area contributed by atoms with Crippen molar-refractivity contribution < 1.29 is 4.52 Å². The highest BCUT2D eigenvalue weighted by Gasteiger charge is 2.07. The zero-order valence-corrected chi connectivity index (χ0v) is 9.73. The summed E-state index contributed by atoms with van der Waals surface area (Å²) in [6.07, 6.45) is 3.90. The van der Waals surface area contributed by atoms with E-state index in [4.69, 9.17) is 4.52 Å². The number of thioether (sulfide) groups is 1. The standard InChI is InChI=1S/C9H17N3OS/c1-7(10-2)4-5-9-11-8(6-14-3)12-13-9/h7,10H,4-6H2,1-3H3. The summed E-state index contributed by atoms with van der Waals surface area (Å²) in [4.78, 5) is 4.28. The van der Waals surface area contributed by atoms with Gasteiger partial charge in [0.05, 0.1) is 5.75 Å². The van der Waals surface area contributed by atoms with Gasteiger partial charge < -0.3 is 9.84 Å². The van der Waals surface area contributed by atoms with Crippen molar-refractivity contribution in [3.05, 3.63) is 11.7 Å². The molecule has 1 heterocycles. The molecule has 1 N–H and O–H groups in total. The van der Waals surface area contributed by atoms with Crippen molar-refractivity contribution in [2.75, 3.05) is 13.3 Å². The number of aromatic nitrogens is 2. The van der Waals surface area contributed by atoms with E-state index in [9.17, 15) is 0 Å². The number of rotatable bonds is 6. The van der Waals surface area contributed by atoms with E-state index in [2.05, 4.69) is 22.4 Å². The lowest BCUT2D eigenvalue weighted by atomic mass is 10.2. The average molecular weight is 215 g/mol. The monoisotopic (exact) mass is 215 g/mol. The van der Waals surface area contributed by atoms with Gasteiger partial charge in [0.2, 0.25) is 5.89 Å². The van der Waals surface area contributed by atoms with Crippen LogP contribution in [0.15, 0.2) is 4.52 Å². The topological polar surface area (TPSA) is 51.0 Å². The number of nitrogens with zero attached hydrogens (tertiary/aromatic N) is 2. The van der Waals surface area contributed by atoms with E-state index >= 15 is 0 Å². The predicted molar refractivity (Wildman–Crippen MR) is 58.4 cm³/mol. The molecular weight excluding hydrogens is 198 g/mol. The molecular formula is C9H17N3OS. The van der Waals surface area contributed by atoms with Gasteiger partial charge in [-0.05, 0) is 26.6 Å². The molecule has 4 nitrogen and oxygen atoms in total. The first kappa shape index (κ1) is 11.5. The van der Waals surface area contributed by atoms with E-state index < -0.39 is 0 Å². The minimum atomic E-state index is 0.492. The molecule has 1 atom stereocenters. The van der Waals surface area contributed by atoms with Gasteiger partial charge in [-0.1, -0.05) is 5.16 Å². The molecule has 0 bridgehead atoms. The molecule has 0 saturated heterocycles. The third kappa shape index (κ3) is 3.67. The van der Waals surface area contributed by atoms with Gasteiger partial charge in [0.15, 0.2) is 5.82 Å². The van der Waals surface area contributed by atoms with Crippen LogP contribution >= 0.6 is 11.8 Å². The van der Waals surface area contributed by atoms with E-state index in [0.717, 1.165) is 30.3 Å². The highest BCUT2D eigenvalue weighted by atomic mass is 32.2. The van der Waals surface area contributed by atoms with Crippen molar-refractivity contribution in [3.63, 3.8) is 0 Å². The summed E-state index contributed by atoms with van der Waals surface area (Å²) in [6.45, 7) is 2.14. The van der Waals surface area contributed by atoms with Gasteiger partial charge in [-0.15, -0.1) is 0 Å². The lowest BCUT2D eigenvalue weighted by Crippen LogP contribution is -2.21. The maximum absolute atomic E-state index is 5.11. The van der Waals surface area contributed by atoms with Gasteiger partial charge >= 0.3 is 0 Å². The lowest BCUT2D eigenvalue weighted by molar-refractivity contribution is 0.365. The van der Waals surface area contributed by atoms with Gasteiger partial charge in [0, 0.05) is 12.5 Å². The average Bonchev–Trinajstić information content (AvgIpc) is 2.63. The van der Waals surface area contributed by atoms with E-state index in [0.29, 0.717) is 6.04 Å². The van der Waals surface area contributed by atoms with Crippen LogP contribution in [-0.2, 0) is 12.2 Å². The first-order valence-corrected chi connectivity index (χ1v) is 6.13. The first-order chi connectivity index (χ1) is 6.76. The van der Waals surface area contributed by atoms with Crippen molar-refractivity contribution >= 4 is 11.8 Å². The van der Waals surface area contributed by atoms with Crippen LogP contribution in [0.4, 0.5) is 0 Å². The van der Waals surface area contributed by atoms with Crippen molar-refractivity contribution in [2.45, 2.75) is 31.6 Å². The molecule has 1 aromatic rings. The Morgan fingerprint density at radius 2 is 2.36 bits per heavy atom. The predicted octanol–water partition coefficient (Wildman–Crippen LogP) is 1.47. The fraction of sp³-hybridized carbons (Fsp3) is 0.778. The molecule has 1 unspecified atom stereocenters. The molecule has 0 aliphatic rings. The van der Waals surface area contributed by atoms with Crippen molar-refractivity contribution in [1.82, 2.24) is 15.5 Å². The van der Waals surface area contributed by atoms with Gasteiger partial charge in [-0.3, -0.25) is 0 Å². The molecule has 14 heavy (non-hydrogen) atoms. The summed E-state index contributed by atoms with van der Waals surface area (Å²) >= 11 is 1.70. The summed E-state index contributed by atoms with van der Waals surface area (Å²) in [6, 6.07) is 0.492. The van der Waals surface area contributed by atoms with E-state index in [1.54, 1.807) is 11.8 Å². The Morgan fingerprint density at radius 3 is 3.00 bits per heavy atom. The molecule has 0 aliphatic heterocycles. The largest absolute Gasteiger partial charge is 0.339 e. The van der Waals surface area contributed by atoms with Crippen LogP contribution in [0, 0.1) is 0 Å². The number of hydrogen-bond acceptors (Lipinski definition) is 5. The molecule has 0 spiro atoms. The van der Waals surface area contributed by atoms with Crippen molar-refractivity contribution in [2.24, 2.45) is 0 Å². The maximum atomic E-state index is 5.11. The van der Waals surface area contributed by atoms with Crippen LogP contribution in [-0.4, -0.2) is 29.5 Å². The smallest absolute Gasteiger partial charge is 0.226 e. The van der Waals surface area contributed by atoms with E-state index in [-0.39, 0.29) is 0 Å². The third-order valence-corrected chi connectivity index (χ3v) is 2.61. The van der Waals surface area contributed by atoms with E-state index in [1.165, 1.54) is 0 Å². The normalized spacial score (nSPS) is 13.1. The van der Waals surface area contributed by atoms with Crippen LogP contribution in [0.1, 0.15) is 25.1 Å². The zero-order chi connectivity index (χ0) is 10.4. The lowest BCUT2D eigenvalue weighted by Gasteiger charge is -2.06. The fourth-order valence-electron chi connectivity index (χ4n) is 1.06. The van der Waals surface area contributed by atoms with Crippen LogP contribution < -0.4 is 5.32 Å². The molecule has 1 aromatic heterocycles. The summed E-state index contributed by atoms with van der Waals surface area (Å²) < 4.78 is 5.11. The number of nitrogens with one attached hydrogen (secondary N) is 1. The first-order valence-electron chi connectivity index (χ1n) is 4.74. The quantitative estimate of drug-likeness (QED) is 0.779. The number of aryl methyl sites for hydroxylation is 1. The van der Waals surface area contributed by atoms with Crippen molar-refractivity contribution in [1.29, 1.82) is 0 Å². The third-order valence-electron chi connectivity index (χ3n) is 2.07.